The highest BCUT2D eigenvalue weighted by Crippen LogP contribution is 2.41. The molecule has 0 heterocycles. The van der Waals surface area contributed by atoms with E-state index < -0.39 is 11.5 Å². The Labute approximate surface area is 102 Å². The van der Waals surface area contributed by atoms with Crippen LogP contribution < -0.4 is 5.73 Å². The van der Waals surface area contributed by atoms with Crippen LogP contribution in [0, 0.1) is 11.8 Å². The van der Waals surface area contributed by atoms with Crippen LogP contribution in [0.4, 0.5) is 0 Å². The van der Waals surface area contributed by atoms with Crippen LogP contribution in [-0.2, 0) is 4.79 Å². The second-order valence-corrected chi connectivity index (χ2v) is 6.22. The lowest BCUT2D eigenvalue weighted by atomic mass is 9.93. The van der Waals surface area contributed by atoms with Crippen LogP contribution >= 0.6 is 0 Å². The molecule has 3 aliphatic carbocycles. The van der Waals surface area contributed by atoms with Crippen LogP contribution in [0.3, 0.4) is 0 Å². The highest BCUT2D eigenvalue weighted by molar-refractivity contribution is 5.79. The quantitative estimate of drug-likeness (QED) is 0.696. The minimum Gasteiger partial charge on any atom is -0.480 e. The number of aliphatic carboxylic acids is 1. The van der Waals surface area contributed by atoms with Crippen LogP contribution in [0.15, 0.2) is 0 Å². The molecule has 0 radical (unpaired) electrons. The van der Waals surface area contributed by atoms with Gasteiger partial charge in [0.15, 0.2) is 0 Å². The molecule has 3 saturated carbocycles. The van der Waals surface area contributed by atoms with Crippen molar-refractivity contribution >= 4 is 5.97 Å². The standard InChI is InChI=1S/C13H22N2O2/c14-13(12(16)17,10-3-4-10)8-15(11-5-6-11)7-9-1-2-9/h9-11H,1-8,14H2,(H,16,17). The Morgan fingerprint density at radius 1 is 1.24 bits per heavy atom. The van der Waals surface area contributed by atoms with Gasteiger partial charge in [0.1, 0.15) is 5.54 Å². The first-order valence-corrected chi connectivity index (χ1v) is 6.86. The zero-order valence-corrected chi connectivity index (χ0v) is 10.3. The van der Waals surface area contributed by atoms with E-state index in [2.05, 4.69) is 4.90 Å². The van der Waals surface area contributed by atoms with E-state index in [1.807, 2.05) is 0 Å². The number of carboxylic acid groups (broad SMARTS) is 1. The SMILES string of the molecule is NC(CN(CC1CC1)C1CC1)(C(=O)O)C1CC1. The van der Waals surface area contributed by atoms with Crippen LogP contribution in [0.5, 0.6) is 0 Å². The summed E-state index contributed by atoms with van der Waals surface area (Å²) in [5, 5.41) is 9.39. The van der Waals surface area contributed by atoms with Gasteiger partial charge in [-0.1, -0.05) is 0 Å². The van der Waals surface area contributed by atoms with Crippen molar-refractivity contribution in [2.45, 2.75) is 50.1 Å². The van der Waals surface area contributed by atoms with Gasteiger partial charge in [-0.15, -0.1) is 0 Å². The zero-order valence-electron chi connectivity index (χ0n) is 10.3. The second kappa shape index (κ2) is 3.95. The molecule has 1 atom stereocenters. The third kappa shape index (κ3) is 2.47. The van der Waals surface area contributed by atoms with Gasteiger partial charge in [-0.3, -0.25) is 9.69 Å². The molecule has 4 nitrogen and oxygen atoms in total. The van der Waals surface area contributed by atoms with Gasteiger partial charge in [0.2, 0.25) is 0 Å². The van der Waals surface area contributed by atoms with Gasteiger partial charge < -0.3 is 10.8 Å². The van der Waals surface area contributed by atoms with Crippen molar-refractivity contribution in [3.05, 3.63) is 0 Å². The molecule has 1 unspecified atom stereocenters. The summed E-state index contributed by atoms with van der Waals surface area (Å²) >= 11 is 0. The summed E-state index contributed by atoms with van der Waals surface area (Å²) < 4.78 is 0. The number of carbonyl (C=O) groups is 1. The van der Waals surface area contributed by atoms with E-state index in [0.29, 0.717) is 12.6 Å². The van der Waals surface area contributed by atoms with E-state index in [-0.39, 0.29) is 5.92 Å². The molecule has 0 aromatic carbocycles. The van der Waals surface area contributed by atoms with Gasteiger partial charge in [0.05, 0.1) is 0 Å². The molecule has 0 bridgehead atoms. The van der Waals surface area contributed by atoms with Crippen LogP contribution in [0.25, 0.3) is 0 Å². The van der Waals surface area contributed by atoms with Gasteiger partial charge in [0, 0.05) is 19.1 Å². The monoisotopic (exact) mass is 238 g/mol. The summed E-state index contributed by atoms with van der Waals surface area (Å²) in [6.45, 7) is 1.64. The maximum absolute atomic E-state index is 11.4. The van der Waals surface area contributed by atoms with Crippen LogP contribution in [0.2, 0.25) is 0 Å². The predicted molar refractivity (Wildman–Crippen MR) is 64.6 cm³/mol. The van der Waals surface area contributed by atoms with Gasteiger partial charge >= 0.3 is 5.97 Å². The van der Waals surface area contributed by atoms with Gasteiger partial charge in [-0.25, -0.2) is 0 Å². The van der Waals surface area contributed by atoms with E-state index in [9.17, 15) is 9.90 Å². The molecule has 0 aliphatic heterocycles. The van der Waals surface area contributed by atoms with Gasteiger partial charge in [-0.2, -0.15) is 0 Å². The summed E-state index contributed by atoms with van der Waals surface area (Å²) in [4.78, 5) is 13.8. The summed E-state index contributed by atoms with van der Waals surface area (Å²) in [6.07, 6.45) is 7.07. The van der Waals surface area contributed by atoms with E-state index in [1.54, 1.807) is 0 Å². The lowest BCUT2D eigenvalue weighted by Gasteiger charge is -2.32. The minimum atomic E-state index is -0.989. The molecule has 17 heavy (non-hydrogen) atoms. The van der Waals surface area contributed by atoms with Crippen molar-refractivity contribution in [2.24, 2.45) is 17.6 Å². The molecular formula is C13H22N2O2. The number of carboxylic acids is 1. The average molecular weight is 238 g/mol. The first kappa shape index (κ1) is 11.5. The molecule has 0 aromatic rings. The Morgan fingerprint density at radius 2 is 1.88 bits per heavy atom. The fraction of sp³-hybridized carbons (Fsp3) is 0.923. The maximum Gasteiger partial charge on any atom is 0.325 e. The topological polar surface area (TPSA) is 66.6 Å². The molecule has 0 saturated heterocycles. The summed E-state index contributed by atoms with van der Waals surface area (Å²) in [5.74, 6) is 0.217. The lowest BCUT2D eigenvalue weighted by molar-refractivity contribution is -0.145. The molecule has 3 aliphatic rings. The van der Waals surface area contributed by atoms with Gasteiger partial charge in [-0.05, 0) is 50.4 Å². The van der Waals surface area contributed by atoms with E-state index in [1.165, 1.54) is 25.7 Å². The van der Waals surface area contributed by atoms with Crippen molar-refractivity contribution < 1.29 is 9.90 Å². The fourth-order valence-electron chi connectivity index (χ4n) is 2.72. The van der Waals surface area contributed by atoms with Crippen molar-refractivity contribution in [3.63, 3.8) is 0 Å². The Kier molecular flexibility index (Phi) is 2.67. The average Bonchev–Trinajstić information content (AvgIpc) is 3.15. The Hall–Kier alpha value is -0.610. The van der Waals surface area contributed by atoms with Crippen molar-refractivity contribution in [3.8, 4) is 0 Å². The Balaban J connectivity index is 1.66. The molecule has 0 amide bonds. The maximum atomic E-state index is 11.4. The second-order valence-electron chi connectivity index (χ2n) is 6.22. The number of hydrogen-bond donors (Lipinski definition) is 2. The third-order valence-corrected chi connectivity index (χ3v) is 4.42. The highest BCUT2D eigenvalue weighted by Gasteiger charge is 2.50. The van der Waals surface area contributed by atoms with Crippen LogP contribution in [0.1, 0.15) is 38.5 Å². The molecular weight excluding hydrogens is 216 g/mol. The van der Waals surface area contributed by atoms with Crippen LogP contribution in [-0.4, -0.2) is 40.6 Å². The molecule has 3 fully saturated rings. The molecule has 3 N–H and O–H groups in total. The molecule has 3 rings (SSSR count). The first-order chi connectivity index (χ1) is 8.09. The number of rotatable bonds is 7. The molecule has 4 heteroatoms. The fourth-order valence-corrected chi connectivity index (χ4v) is 2.72. The number of nitrogens with zero attached hydrogens (tertiary/aromatic N) is 1. The Morgan fingerprint density at radius 3 is 2.29 bits per heavy atom. The highest BCUT2D eigenvalue weighted by atomic mass is 16.4. The normalized spacial score (nSPS) is 28.1. The van der Waals surface area contributed by atoms with Gasteiger partial charge in [0.25, 0.3) is 0 Å². The third-order valence-electron chi connectivity index (χ3n) is 4.42. The minimum absolute atomic E-state index is 0.209. The van der Waals surface area contributed by atoms with Crippen molar-refractivity contribution in [1.82, 2.24) is 4.90 Å². The zero-order chi connectivity index (χ0) is 12.0. The lowest BCUT2D eigenvalue weighted by Crippen LogP contribution is -2.58. The predicted octanol–water partition coefficient (Wildman–Crippen LogP) is 1.05. The van der Waals surface area contributed by atoms with Crippen molar-refractivity contribution in [2.75, 3.05) is 13.1 Å². The molecule has 0 spiro atoms. The van der Waals surface area contributed by atoms with Crippen molar-refractivity contribution in [1.29, 1.82) is 0 Å². The summed E-state index contributed by atoms with van der Waals surface area (Å²) in [6, 6.07) is 0.622. The number of hydrogen-bond acceptors (Lipinski definition) is 3. The Bertz CT molecular complexity index is 321. The number of nitrogens with two attached hydrogens (primary N) is 1. The van der Waals surface area contributed by atoms with E-state index >= 15 is 0 Å². The summed E-state index contributed by atoms with van der Waals surface area (Å²) in [5.41, 5.74) is 5.18. The smallest absolute Gasteiger partial charge is 0.325 e. The van der Waals surface area contributed by atoms with E-state index in [0.717, 1.165) is 25.3 Å². The summed E-state index contributed by atoms with van der Waals surface area (Å²) in [7, 11) is 0. The molecule has 96 valence electrons. The molecule has 0 aromatic heterocycles. The van der Waals surface area contributed by atoms with E-state index in [4.69, 9.17) is 5.73 Å². The largest absolute Gasteiger partial charge is 0.480 e. The first-order valence-electron chi connectivity index (χ1n) is 6.86.